The Morgan fingerprint density at radius 2 is 1.88 bits per heavy atom. The Morgan fingerprint density at radius 1 is 1.19 bits per heavy atom. The van der Waals surface area contributed by atoms with E-state index in [1.165, 1.54) is 5.56 Å². The number of hydrogen-bond donors (Lipinski definition) is 1. The first-order chi connectivity index (χ1) is 7.55. The van der Waals surface area contributed by atoms with Crippen molar-refractivity contribution < 1.29 is 14.6 Å². The highest BCUT2D eigenvalue weighted by Gasteiger charge is 2.44. The minimum Gasteiger partial charge on any atom is -0.508 e. The van der Waals surface area contributed by atoms with Crippen molar-refractivity contribution in [1.29, 1.82) is 0 Å². The molecule has 1 fully saturated rings. The fourth-order valence-corrected chi connectivity index (χ4v) is 2.72. The van der Waals surface area contributed by atoms with Crippen LogP contribution in [-0.2, 0) is 22.3 Å². The summed E-state index contributed by atoms with van der Waals surface area (Å²) >= 11 is 0. The molecular formula is C13H16O3. The molecule has 0 amide bonds. The summed E-state index contributed by atoms with van der Waals surface area (Å²) in [6.45, 7) is 3.88. The number of hydrogen-bond acceptors (Lipinski definition) is 3. The van der Waals surface area contributed by atoms with Gasteiger partial charge in [0.1, 0.15) is 5.75 Å². The third kappa shape index (κ3) is 1.51. The van der Waals surface area contributed by atoms with Crippen molar-refractivity contribution in [3.63, 3.8) is 0 Å². The smallest absolute Gasteiger partial charge is 0.163 e. The Morgan fingerprint density at radius 3 is 2.62 bits per heavy atom. The van der Waals surface area contributed by atoms with Gasteiger partial charge in [-0.15, -0.1) is 0 Å². The van der Waals surface area contributed by atoms with E-state index in [4.69, 9.17) is 9.47 Å². The van der Waals surface area contributed by atoms with Crippen molar-refractivity contribution in [3.05, 3.63) is 29.3 Å². The lowest BCUT2D eigenvalue weighted by Gasteiger charge is -2.25. The van der Waals surface area contributed by atoms with Crippen molar-refractivity contribution in [2.75, 3.05) is 0 Å². The normalized spacial score (nSPS) is 30.9. The van der Waals surface area contributed by atoms with E-state index < -0.39 is 5.79 Å². The van der Waals surface area contributed by atoms with Gasteiger partial charge in [-0.05, 0) is 31.0 Å². The van der Waals surface area contributed by atoms with E-state index in [1.54, 1.807) is 6.07 Å². The van der Waals surface area contributed by atoms with Crippen LogP contribution >= 0.6 is 0 Å². The highest BCUT2D eigenvalue weighted by molar-refractivity contribution is 5.42. The average molecular weight is 220 g/mol. The fraction of sp³-hybridized carbons (Fsp3) is 0.538. The van der Waals surface area contributed by atoms with Crippen LogP contribution in [0.25, 0.3) is 0 Å². The molecule has 2 aliphatic rings. The molecule has 1 aliphatic heterocycles. The topological polar surface area (TPSA) is 38.7 Å². The minimum absolute atomic E-state index is 0.0794. The van der Waals surface area contributed by atoms with E-state index in [1.807, 2.05) is 19.9 Å². The molecule has 0 saturated carbocycles. The second-order valence-electron chi connectivity index (χ2n) is 5.04. The number of aromatic hydroxyl groups is 1. The van der Waals surface area contributed by atoms with Crippen molar-refractivity contribution in [3.8, 4) is 5.75 Å². The van der Waals surface area contributed by atoms with Crippen molar-refractivity contribution in [1.82, 2.24) is 0 Å². The lowest BCUT2D eigenvalue weighted by molar-refractivity contribution is -0.145. The minimum atomic E-state index is -0.493. The van der Waals surface area contributed by atoms with Gasteiger partial charge < -0.3 is 14.6 Å². The molecule has 1 heterocycles. The van der Waals surface area contributed by atoms with Gasteiger partial charge in [-0.3, -0.25) is 0 Å². The number of rotatable bonds is 0. The highest BCUT2D eigenvalue weighted by Crippen LogP contribution is 2.38. The zero-order chi connectivity index (χ0) is 11.3. The van der Waals surface area contributed by atoms with Gasteiger partial charge in [0.25, 0.3) is 0 Å². The Bertz CT molecular complexity index is 425. The predicted octanol–water partition coefficient (Wildman–Crippen LogP) is 2.01. The quantitative estimate of drug-likeness (QED) is 0.727. The molecule has 3 heteroatoms. The van der Waals surface area contributed by atoms with Crippen LogP contribution in [0.4, 0.5) is 0 Å². The molecule has 1 aromatic rings. The zero-order valence-electron chi connectivity index (χ0n) is 9.56. The zero-order valence-corrected chi connectivity index (χ0v) is 9.56. The molecule has 1 saturated heterocycles. The van der Waals surface area contributed by atoms with Gasteiger partial charge in [0.2, 0.25) is 0 Å². The molecule has 1 aliphatic carbocycles. The Balaban J connectivity index is 1.94. The molecular weight excluding hydrogens is 204 g/mol. The van der Waals surface area contributed by atoms with E-state index in [0.717, 1.165) is 18.4 Å². The second-order valence-corrected chi connectivity index (χ2v) is 5.04. The number of ether oxygens (including phenoxy) is 2. The van der Waals surface area contributed by atoms with Crippen LogP contribution in [0.5, 0.6) is 5.75 Å². The Kier molecular flexibility index (Phi) is 2.03. The van der Waals surface area contributed by atoms with Gasteiger partial charge in [0.15, 0.2) is 5.79 Å². The summed E-state index contributed by atoms with van der Waals surface area (Å²) in [5.74, 6) is -0.114. The molecule has 0 bridgehead atoms. The summed E-state index contributed by atoms with van der Waals surface area (Å²) in [5.41, 5.74) is 2.20. The van der Waals surface area contributed by atoms with Crippen molar-refractivity contribution >= 4 is 0 Å². The van der Waals surface area contributed by atoms with E-state index in [0.29, 0.717) is 5.75 Å². The standard InChI is InChI=1S/C13H16O3/c1-13(2)15-11-6-8-4-3-5-10(14)9(8)7-12(11)16-13/h3-5,11-12,14H,6-7H2,1-2H3. The maximum atomic E-state index is 9.81. The fourth-order valence-electron chi connectivity index (χ4n) is 2.72. The molecule has 0 aromatic heterocycles. The van der Waals surface area contributed by atoms with Gasteiger partial charge in [-0.25, -0.2) is 0 Å². The van der Waals surface area contributed by atoms with E-state index in [2.05, 4.69) is 6.07 Å². The third-order valence-electron chi connectivity index (χ3n) is 3.36. The Labute approximate surface area is 95.0 Å². The number of benzene rings is 1. The summed E-state index contributed by atoms with van der Waals surface area (Å²) in [5, 5.41) is 9.81. The van der Waals surface area contributed by atoms with Crippen LogP contribution in [0.2, 0.25) is 0 Å². The van der Waals surface area contributed by atoms with Crippen LogP contribution in [0.15, 0.2) is 18.2 Å². The van der Waals surface area contributed by atoms with Gasteiger partial charge in [0, 0.05) is 12.8 Å². The number of phenols is 1. The molecule has 2 unspecified atom stereocenters. The molecule has 3 rings (SSSR count). The second kappa shape index (κ2) is 3.22. The van der Waals surface area contributed by atoms with Gasteiger partial charge in [0.05, 0.1) is 12.2 Å². The van der Waals surface area contributed by atoms with Crippen LogP contribution in [-0.4, -0.2) is 23.1 Å². The Hall–Kier alpha value is -1.06. The van der Waals surface area contributed by atoms with Crippen LogP contribution < -0.4 is 0 Å². The highest BCUT2D eigenvalue weighted by atomic mass is 16.7. The molecule has 0 radical (unpaired) electrons. The molecule has 86 valence electrons. The number of phenolic OH excluding ortho intramolecular Hbond substituents is 1. The van der Waals surface area contributed by atoms with Crippen molar-refractivity contribution in [2.24, 2.45) is 0 Å². The lowest BCUT2D eigenvalue weighted by Crippen LogP contribution is -2.32. The van der Waals surface area contributed by atoms with Crippen LogP contribution in [0, 0.1) is 0 Å². The molecule has 1 N–H and O–H groups in total. The molecule has 1 aromatic carbocycles. The summed E-state index contributed by atoms with van der Waals surface area (Å²) in [7, 11) is 0. The third-order valence-corrected chi connectivity index (χ3v) is 3.36. The molecule has 2 atom stereocenters. The van der Waals surface area contributed by atoms with E-state index in [9.17, 15) is 5.11 Å². The summed E-state index contributed by atoms with van der Waals surface area (Å²) in [6.07, 6.45) is 1.79. The summed E-state index contributed by atoms with van der Waals surface area (Å²) in [6, 6.07) is 5.68. The van der Waals surface area contributed by atoms with Gasteiger partial charge in [-0.1, -0.05) is 12.1 Å². The first-order valence-electron chi connectivity index (χ1n) is 5.70. The first kappa shape index (κ1) is 10.1. The first-order valence-corrected chi connectivity index (χ1v) is 5.70. The predicted molar refractivity (Wildman–Crippen MR) is 59.3 cm³/mol. The van der Waals surface area contributed by atoms with E-state index in [-0.39, 0.29) is 12.2 Å². The molecule has 16 heavy (non-hydrogen) atoms. The van der Waals surface area contributed by atoms with Gasteiger partial charge in [-0.2, -0.15) is 0 Å². The maximum Gasteiger partial charge on any atom is 0.163 e. The summed E-state index contributed by atoms with van der Waals surface area (Å²) in [4.78, 5) is 0. The average Bonchev–Trinajstić information content (AvgIpc) is 2.48. The van der Waals surface area contributed by atoms with Gasteiger partial charge >= 0.3 is 0 Å². The lowest BCUT2D eigenvalue weighted by atomic mass is 9.87. The maximum absolute atomic E-state index is 9.81. The monoisotopic (exact) mass is 220 g/mol. The number of fused-ring (bicyclic) bond motifs is 2. The SMILES string of the molecule is CC1(C)OC2Cc3cccc(O)c3CC2O1. The largest absolute Gasteiger partial charge is 0.508 e. The van der Waals surface area contributed by atoms with Crippen LogP contribution in [0.1, 0.15) is 25.0 Å². The molecule has 3 nitrogen and oxygen atoms in total. The molecule has 0 spiro atoms. The van der Waals surface area contributed by atoms with Crippen molar-refractivity contribution in [2.45, 2.75) is 44.7 Å². The van der Waals surface area contributed by atoms with Crippen LogP contribution in [0.3, 0.4) is 0 Å². The van der Waals surface area contributed by atoms with E-state index >= 15 is 0 Å². The summed E-state index contributed by atoms with van der Waals surface area (Å²) < 4.78 is 11.7.